The van der Waals surface area contributed by atoms with Gasteiger partial charge in [-0.25, -0.2) is 10.0 Å². The van der Waals surface area contributed by atoms with Crippen molar-refractivity contribution >= 4 is 5.78 Å². The van der Waals surface area contributed by atoms with Gasteiger partial charge in [-0.2, -0.15) is 0 Å². The zero-order valence-electron chi connectivity index (χ0n) is 14.8. The van der Waals surface area contributed by atoms with Crippen LogP contribution in [0.2, 0.25) is 0 Å². The van der Waals surface area contributed by atoms with Crippen LogP contribution in [0.3, 0.4) is 0 Å². The van der Waals surface area contributed by atoms with E-state index in [1.54, 1.807) is 6.92 Å². The molecule has 4 heteroatoms. The van der Waals surface area contributed by atoms with Crippen molar-refractivity contribution in [2.75, 3.05) is 46.8 Å². The molecule has 21 heavy (non-hydrogen) atoms. The fourth-order valence-electron chi connectivity index (χ4n) is 3.44. The molecular weight excluding hydrogens is 262 g/mol. The maximum absolute atomic E-state index is 11.4. The molecule has 2 rings (SSSR count). The molecule has 0 unspecified atom stereocenters. The SMILES string of the molecule is CC.CC(=O)C1CCC(CN2CCN(N(C)C)CC2)CC1. The summed E-state index contributed by atoms with van der Waals surface area (Å²) in [6, 6.07) is 0. The molecule has 1 saturated heterocycles. The first-order chi connectivity index (χ1) is 10.1. The zero-order valence-corrected chi connectivity index (χ0v) is 14.8. The van der Waals surface area contributed by atoms with Crippen molar-refractivity contribution in [3.63, 3.8) is 0 Å². The summed E-state index contributed by atoms with van der Waals surface area (Å²) < 4.78 is 0. The number of Topliss-reactive ketones (excluding diaryl/α,β-unsaturated/α-hetero) is 1. The van der Waals surface area contributed by atoms with E-state index in [0.717, 1.165) is 31.8 Å². The molecule has 0 aromatic carbocycles. The highest BCUT2D eigenvalue weighted by molar-refractivity contribution is 5.78. The summed E-state index contributed by atoms with van der Waals surface area (Å²) in [4.78, 5) is 14.0. The molecule has 1 aliphatic heterocycles. The molecule has 0 atom stereocenters. The third-order valence-corrected chi connectivity index (χ3v) is 4.85. The smallest absolute Gasteiger partial charge is 0.132 e. The van der Waals surface area contributed by atoms with Gasteiger partial charge in [-0.05, 0) is 38.5 Å². The molecule has 2 aliphatic rings. The van der Waals surface area contributed by atoms with Gasteiger partial charge in [0.25, 0.3) is 0 Å². The number of carbonyl (C=O) groups is 1. The minimum atomic E-state index is 0.363. The second-order valence-electron chi connectivity index (χ2n) is 6.43. The van der Waals surface area contributed by atoms with Crippen molar-refractivity contribution in [1.82, 2.24) is 14.9 Å². The maximum Gasteiger partial charge on any atom is 0.132 e. The Morgan fingerprint density at radius 1 is 1.00 bits per heavy atom. The standard InChI is InChI=1S/C15H29N3O.C2H6/c1-13(19)15-6-4-14(5-7-15)12-17-8-10-18(11-9-17)16(2)3;1-2/h14-15H,4-12H2,1-3H3;1-2H3. The van der Waals surface area contributed by atoms with E-state index < -0.39 is 0 Å². The summed E-state index contributed by atoms with van der Waals surface area (Å²) >= 11 is 0. The van der Waals surface area contributed by atoms with Crippen LogP contribution in [0, 0.1) is 11.8 Å². The lowest BCUT2D eigenvalue weighted by atomic mass is 9.80. The number of piperazine rings is 1. The van der Waals surface area contributed by atoms with Gasteiger partial charge in [0.05, 0.1) is 0 Å². The average molecular weight is 297 g/mol. The average Bonchev–Trinajstić information content (AvgIpc) is 2.50. The number of ketones is 1. The van der Waals surface area contributed by atoms with E-state index in [0.29, 0.717) is 11.7 Å². The molecular formula is C17H35N3O. The highest BCUT2D eigenvalue weighted by Crippen LogP contribution is 2.30. The van der Waals surface area contributed by atoms with Gasteiger partial charge in [0.1, 0.15) is 5.78 Å². The predicted octanol–water partition coefficient (Wildman–Crippen LogP) is 2.50. The second-order valence-corrected chi connectivity index (χ2v) is 6.43. The Balaban J connectivity index is 0.00000106. The molecule has 0 bridgehead atoms. The Labute approximate surface area is 131 Å². The first kappa shape index (κ1) is 18.6. The monoisotopic (exact) mass is 297 g/mol. The van der Waals surface area contributed by atoms with E-state index in [1.165, 1.54) is 32.5 Å². The van der Waals surface area contributed by atoms with Gasteiger partial charge in [-0.3, -0.25) is 4.79 Å². The quantitative estimate of drug-likeness (QED) is 0.796. The van der Waals surface area contributed by atoms with Crippen molar-refractivity contribution in [2.24, 2.45) is 11.8 Å². The van der Waals surface area contributed by atoms with E-state index in [-0.39, 0.29) is 0 Å². The van der Waals surface area contributed by atoms with Crippen LogP contribution in [0.15, 0.2) is 0 Å². The predicted molar refractivity (Wildman–Crippen MR) is 89.2 cm³/mol. The Morgan fingerprint density at radius 3 is 1.95 bits per heavy atom. The molecule has 2 fully saturated rings. The van der Waals surface area contributed by atoms with Crippen molar-refractivity contribution < 1.29 is 4.79 Å². The molecule has 1 heterocycles. The molecule has 1 aliphatic carbocycles. The molecule has 0 radical (unpaired) electrons. The van der Waals surface area contributed by atoms with Crippen LogP contribution in [0.25, 0.3) is 0 Å². The van der Waals surface area contributed by atoms with Crippen LogP contribution < -0.4 is 0 Å². The van der Waals surface area contributed by atoms with E-state index in [4.69, 9.17) is 0 Å². The summed E-state index contributed by atoms with van der Waals surface area (Å²) in [6.45, 7) is 11.7. The Kier molecular flexibility index (Phi) is 8.45. The minimum absolute atomic E-state index is 0.363. The van der Waals surface area contributed by atoms with Gasteiger partial charge in [0.2, 0.25) is 0 Å². The largest absolute Gasteiger partial charge is 0.300 e. The summed E-state index contributed by atoms with van der Waals surface area (Å²) in [5, 5.41) is 4.61. The zero-order chi connectivity index (χ0) is 15.8. The number of hydrogen-bond donors (Lipinski definition) is 0. The highest BCUT2D eigenvalue weighted by atomic mass is 16.1. The lowest BCUT2D eigenvalue weighted by molar-refractivity contribution is -0.121. The van der Waals surface area contributed by atoms with Crippen molar-refractivity contribution in [1.29, 1.82) is 0 Å². The second kappa shape index (κ2) is 9.54. The normalized spacial score (nSPS) is 28.1. The lowest BCUT2D eigenvalue weighted by Crippen LogP contribution is -2.52. The van der Waals surface area contributed by atoms with Crippen LogP contribution in [-0.2, 0) is 4.79 Å². The Bertz CT molecular complexity index is 290. The number of hydrogen-bond acceptors (Lipinski definition) is 4. The number of rotatable bonds is 4. The molecule has 0 amide bonds. The van der Waals surface area contributed by atoms with Gasteiger partial charge < -0.3 is 4.90 Å². The lowest BCUT2D eigenvalue weighted by Gasteiger charge is -2.40. The molecule has 0 aromatic heterocycles. The summed E-state index contributed by atoms with van der Waals surface area (Å²) in [5.41, 5.74) is 0. The van der Waals surface area contributed by atoms with Crippen LogP contribution in [0.4, 0.5) is 0 Å². The van der Waals surface area contributed by atoms with Gasteiger partial charge in [0.15, 0.2) is 0 Å². The van der Waals surface area contributed by atoms with Crippen LogP contribution in [-0.4, -0.2) is 67.5 Å². The van der Waals surface area contributed by atoms with Crippen LogP contribution in [0.5, 0.6) is 0 Å². The molecule has 0 spiro atoms. The molecule has 1 saturated carbocycles. The molecule has 124 valence electrons. The van der Waals surface area contributed by atoms with Gasteiger partial charge in [-0.15, -0.1) is 0 Å². The third-order valence-electron chi connectivity index (χ3n) is 4.85. The number of nitrogens with zero attached hydrogens (tertiary/aromatic N) is 3. The van der Waals surface area contributed by atoms with Crippen molar-refractivity contribution in [2.45, 2.75) is 46.5 Å². The topological polar surface area (TPSA) is 26.8 Å². The first-order valence-electron chi connectivity index (χ1n) is 8.71. The number of carbonyl (C=O) groups excluding carboxylic acids is 1. The fourth-order valence-corrected chi connectivity index (χ4v) is 3.44. The van der Waals surface area contributed by atoms with Crippen molar-refractivity contribution in [3.8, 4) is 0 Å². The number of hydrazine groups is 1. The Hall–Kier alpha value is -0.450. The maximum atomic E-state index is 11.4. The van der Waals surface area contributed by atoms with Crippen LogP contribution in [0.1, 0.15) is 46.5 Å². The van der Waals surface area contributed by atoms with Gasteiger partial charge in [0, 0.05) is 52.7 Å². The van der Waals surface area contributed by atoms with Crippen LogP contribution >= 0.6 is 0 Å². The van der Waals surface area contributed by atoms with Gasteiger partial charge >= 0.3 is 0 Å². The molecule has 0 N–H and O–H groups in total. The third kappa shape index (κ3) is 6.05. The van der Waals surface area contributed by atoms with Gasteiger partial charge in [-0.1, -0.05) is 13.8 Å². The Morgan fingerprint density at radius 2 is 1.52 bits per heavy atom. The van der Waals surface area contributed by atoms with E-state index in [9.17, 15) is 4.79 Å². The molecule has 0 aromatic rings. The minimum Gasteiger partial charge on any atom is -0.300 e. The first-order valence-corrected chi connectivity index (χ1v) is 8.71. The molecule has 4 nitrogen and oxygen atoms in total. The summed E-state index contributed by atoms with van der Waals surface area (Å²) in [5.74, 6) is 1.58. The van der Waals surface area contributed by atoms with Crippen molar-refractivity contribution in [3.05, 3.63) is 0 Å². The fraction of sp³-hybridized carbons (Fsp3) is 0.941. The highest BCUT2D eigenvalue weighted by Gasteiger charge is 2.26. The van der Waals surface area contributed by atoms with E-state index >= 15 is 0 Å². The summed E-state index contributed by atoms with van der Waals surface area (Å²) in [6.07, 6.45) is 4.74. The summed E-state index contributed by atoms with van der Waals surface area (Å²) in [7, 11) is 4.25. The van der Waals surface area contributed by atoms with E-state index in [2.05, 4.69) is 29.0 Å². The van der Waals surface area contributed by atoms with E-state index in [1.807, 2.05) is 13.8 Å².